The zero-order valence-corrected chi connectivity index (χ0v) is 19.2. The number of amides is 1. The lowest BCUT2D eigenvalue weighted by Crippen LogP contribution is -2.51. The first kappa shape index (κ1) is 22.7. The molecule has 1 saturated heterocycles. The molecule has 0 saturated carbocycles. The Kier molecular flexibility index (Phi) is 6.33. The average Bonchev–Trinajstić information content (AvgIpc) is 2.84. The van der Waals surface area contributed by atoms with Gasteiger partial charge in [-0.3, -0.25) is 9.59 Å². The van der Waals surface area contributed by atoms with Crippen molar-refractivity contribution < 1.29 is 22.7 Å². The van der Waals surface area contributed by atoms with Gasteiger partial charge in [0, 0.05) is 5.92 Å². The molecule has 170 valence electrons. The number of rotatable bonds is 5. The number of hydrogen-bond acceptors (Lipinski definition) is 5. The molecular weight excluding hydrogens is 438 g/mol. The van der Waals surface area contributed by atoms with Crippen LogP contribution in [-0.2, 0) is 24.3 Å². The van der Waals surface area contributed by atoms with Gasteiger partial charge in [0.05, 0.1) is 18.0 Å². The minimum atomic E-state index is -4.23. The van der Waals surface area contributed by atoms with Crippen LogP contribution in [0.2, 0.25) is 0 Å². The molecule has 0 aromatic heterocycles. The molecule has 1 heterocycles. The van der Waals surface area contributed by atoms with E-state index in [1.54, 1.807) is 36.4 Å². The van der Waals surface area contributed by atoms with Crippen molar-refractivity contribution in [2.24, 2.45) is 5.92 Å². The van der Waals surface area contributed by atoms with Crippen LogP contribution in [0.1, 0.15) is 35.1 Å². The molecule has 0 N–H and O–H groups in total. The number of methoxy groups -OCH3 is 1. The van der Waals surface area contributed by atoms with Crippen molar-refractivity contribution in [3.63, 3.8) is 0 Å². The van der Waals surface area contributed by atoms with E-state index in [-0.39, 0.29) is 11.3 Å². The third kappa shape index (κ3) is 4.28. The molecule has 0 spiro atoms. The zero-order valence-electron chi connectivity index (χ0n) is 18.4. The number of esters is 1. The number of aryl methyl sites for hydroxylation is 1. The molecule has 0 bridgehead atoms. The van der Waals surface area contributed by atoms with Gasteiger partial charge in [0.15, 0.2) is 0 Å². The third-order valence-electron chi connectivity index (χ3n) is 6.09. The van der Waals surface area contributed by atoms with E-state index in [1.807, 2.05) is 43.3 Å². The highest BCUT2D eigenvalue weighted by molar-refractivity contribution is 7.89. The van der Waals surface area contributed by atoms with Gasteiger partial charge in [0.2, 0.25) is 0 Å². The molecule has 1 aliphatic heterocycles. The monoisotopic (exact) mass is 463 g/mol. The second-order valence-corrected chi connectivity index (χ2v) is 9.95. The van der Waals surface area contributed by atoms with Crippen molar-refractivity contribution in [2.45, 2.75) is 30.2 Å². The van der Waals surface area contributed by atoms with Crippen LogP contribution in [0.3, 0.4) is 0 Å². The summed E-state index contributed by atoms with van der Waals surface area (Å²) in [5.41, 5.74) is 2.37. The molecule has 1 amide bonds. The predicted molar refractivity (Wildman–Crippen MR) is 124 cm³/mol. The van der Waals surface area contributed by atoms with E-state index < -0.39 is 39.8 Å². The molecule has 3 aromatic carbocycles. The maximum atomic E-state index is 13.8. The van der Waals surface area contributed by atoms with Crippen LogP contribution in [0.4, 0.5) is 0 Å². The van der Waals surface area contributed by atoms with Gasteiger partial charge in [-0.25, -0.2) is 12.7 Å². The van der Waals surface area contributed by atoms with E-state index >= 15 is 0 Å². The fraction of sp³-hybridized carbons (Fsp3) is 0.231. The molecule has 7 heteroatoms. The summed E-state index contributed by atoms with van der Waals surface area (Å²) in [6, 6.07) is 23.8. The minimum Gasteiger partial charge on any atom is -0.468 e. The van der Waals surface area contributed by atoms with Crippen molar-refractivity contribution in [3.8, 4) is 0 Å². The first-order valence-electron chi connectivity index (χ1n) is 10.7. The maximum absolute atomic E-state index is 13.8. The number of hydrogen-bond donors (Lipinski definition) is 0. The molecule has 6 nitrogen and oxygen atoms in total. The highest BCUT2D eigenvalue weighted by Gasteiger charge is 2.51. The normalized spacial score (nSPS) is 21.0. The Hall–Kier alpha value is -3.45. The van der Waals surface area contributed by atoms with Gasteiger partial charge < -0.3 is 4.74 Å². The Morgan fingerprint density at radius 2 is 1.42 bits per heavy atom. The Bertz CT molecular complexity index is 1240. The van der Waals surface area contributed by atoms with Gasteiger partial charge in [0.1, 0.15) is 5.92 Å². The maximum Gasteiger partial charge on any atom is 0.318 e. The number of benzene rings is 3. The van der Waals surface area contributed by atoms with Crippen molar-refractivity contribution in [3.05, 3.63) is 102 Å². The minimum absolute atomic E-state index is 0.00385. The van der Waals surface area contributed by atoms with Gasteiger partial charge in [-0.1, -0.05) is 78.4 Å². The predicted octanol–water partition coefficient (Wildman–Crippen LogP) is 4.23. The zero-order chi connectivity index (χ0) is 23.6. The summed E-state index contributed by atoms with van der Waals surface area (Å²) in [4.78, 5) is 26.6. The smallest absolute Gasteiger partial charge is 0.318 e. The fourth-order valence-electron chi connectivity index (χ4n) is 4.41. The van der Waals surface area contributed by atoms with Gasteiger partial charge in [-0.2, -0.15) is 0 Å². The number of ether oxygens (including phenoxy) is 1. The van der Waals surface area contributed by atoms with E-state index in [4.69, 9.17) is 4.74 Å². The van der Waals surface area contributed by atoms with E-state index in [9.17, 15) is 18.0 Å². The number of carbonyl (C=O) groups excluding carboxylic acids is 2. The highest BCUT2D eigenvalue weighted by Crippen LogP contribution is 2.46. The van der Waals surface area contributed by atoms with E-state index in [0.717, 1.165) is 15.4 Å². The van der Waals surface area contributed by atoms with Crippen molar-refractivity contribution >= 4 is 21.9 Å². The molecule has 3 atom stereocenters. The molecule has 0 radical (unpaired) electrons. The summed E-state index contributed by atoms with van der Waals surface area (Å²) in [7, 11) is -3.02. The van der Waals surface area contributed by atoms with Crippen LogP contribution in [0, 0.1) is 12.8 Å². The standard InChI is InChI=1S/C26H25NO5S/c1-18-13-15-21(16-14-18)33(30,31)27-23(20-11-7-4-8-12-20)17-22(19-9-5-3-6-10-19)24(25(27)28)26(29)32-2/h3-16,22-24H,17H2,1-2H3/t22-,23-,24-/m0/s1. The second-order valence-electron chi connectivity index (χ2n) is 8.13. The fourth-order valence-corrected chi connectivity index (χ4v) is 6.01. The van der Waals surface area contributed by atoms with Gasteiger partial charge >= 0.3 is 5.97 Å². The summed E-state index contributed by atoms with van der Waals surface area (Å²) in [5.74, 6) is -3.32. The highest BCUT2D eigenvalue weighted by atomic mass is 32.2. The second kappa shape index (κ2) is 9.19. The Morgan fingerprint density at radius 1 is 0.879 bits per heavy atom. The van der Waals surface area contributed by atoms with E-state index in [2.05, 4.69) is 0 Å². The summed E-state index contributed by atoms with van der Waals surface area (Å²) >= 11 is 0. The molecule has 1 fully saturated rings. The van der Waals surface area contributed by atoms with Crippen LogP contribution in [0.25, 0.3) is 0 Å². The lowest BCUT2D eigenvalue weighted by Gasteiger charge is -2.42. The van der Waals surface area contributed by atoms with Crippen molar-refractivity contribution in [1.82, 2.24) is 4.31 Å². The van der Waals surface area contributed by atoms with Crippen molar-refractivity contribution in [2.75, 3.05) is 7.11 Å². The van der Waals surface area contributed by atoms with Crippen LogP contribution in [-0.4, -0.2) is 31.7 Å². The number of sulfonamides is 1. The summed E-state index contributed by atoms with van der Waals surface area (Å²) in [5, 5.41) is 0. The van der Waals surface area contributed by atoms with Crippen molar-refractivity contribution in [1.29, 1.82) is 0 Å². The largest absolute Gasteiger partial charge is 0.468 e. The van der Waals surface area contributed by atoms with Crippen LogP contribution < -0.4 is 0 Å². The lowest BCUT2D eigenvalue weighted by molar-refractivity contribution is -0.156. The molecule has 4 rings (SSSR count). The Balaban J connectivity index is 1.89. The molecule has 0 unspecified atom stereocenters. The molecule has 33 heavy (non-hydrogen) atoms. The summed E-state index contributed by atoms with van der Waals surface area (Å²) in [6.45, 7) is 1.85. The van der Waals surface area contributed by atoms with Crippen LogP contribution >= 0.6 is 0 Å². The Labute approximate surface area is 193 Å². The van der Waals surface area contributed by atoms with E-state index in [1.165, 1.54) is 19.2 Å². The summed E-state index contributed by atoms with van der Waals surface area (Å²) in [6.07, 6.45) is 0.255. The molecule has 0 aliphatic carbocycles. The van der Waals surface area contributed by atoms with Crippen LogP contribution in [0.15, 0.2) is 89.8 Å². The molecule has 1 aliphatic rings. The van der Waals surface area contributed by atoms with Gasteiger partial charge in [-0.15, -0.1) is 0 Å². The van der Waals surface area contributed by atoms with Gasteiger partial charge in [0.25, 0.3) is 15.9 Å². The quantitative estimate of drug-likeness (QED) is 0.418. The summed E-state index contributed by atoms with van der Waals surface area (Å²) < 4.78 is 33.3. The number of nitrogens with zero attached hydrogens (tertiary/aromatic N) is 1. The first-order chi connectivity index (χ1) is 15.8. The topological polar surface area (TPSA) is 80.8 Å². The third-order valence-corrected chi connectivity index (χ3v) is 7.91. The number of piperidine rings is 1. The van der Waals surface area contributed by atoms with E-state index in [0.29, 0.717) is 5.56 Å². The Morgan fingerprint density at radius 3 is 1.97 bits per heavy atom. The van der Waals surface area contributed by atoms with Gasteiger partial charge in [-0.05, 0) is 36.6 Å². The number of carbonyl (C=O) groups is 2. The first-order valence-corrected chi connectivity index (χ1v) is 12.1. The van der Waals surface area contributed by atoms with Crippen LogP contribution in [0.5, 0.6) is 0 Å². The molecule has 3 aromatic rings. The SMILES string of the molecule is COC(=O)[C@@H]1C(=O)N(S(=O)(=O)c2ccc(C)cc2)[C@H](c2ccccc2)C[C@H]1c1ccccc1. The average molecular weight is 464 g/mol. The lowest BCUT2D eigenvalue weighted by atomic mass is 9.76. The molecular formula is C26H25NO5S.